The Morgan fingerprint density at radius 2 is 2.06 bits per heavy atom. The monoisotopic (exact) mass is 236 g/mol. The van der Waals surface area contributed by atoms with Crippen LogP contribution in [0.2, 0.25) is 0 Å². The van der Waals surface area contributed by atoms with Crippen LogP contribution in [-0.2, 0) is 11.3 Å². The summed E-state index contributed by atoms with van der Waals surface area (Å²) in [5.41, 5.74) is 0.894. The Morgan fingerprint density at radius 3 is 2.59 bits per heavy atom. The van der Waals surface area contributed by atoms with Crippen molar-refractivity contribution < 1.29 is 14.6 Å². The van der Waals surface area contributed by atoms with Crippen LogP contribution in [0, 0.1) is 0 Å². The van der Waals surface area contributed by atoms with Crippen molar-refractivity contribution in [2.24, 2.45) is 0 Å². The van der Waals surface area contributed by atoms with E-state index in [-0.39, 0.29) is 18.3 Å². The van der Waals surface area contributed by atoms with E-state index in [1.165, 1.54) is 0 Å². The lowest BCUT2D eigenvalue weighted by Gasteiger charge is -2.19. The first-order valence-electron chi connectivity index (χ1n) is 6.09. The first-order valence-corrected chi connectivity index (χ1v) is 6.09. The van der Waals surface area contributed by atoms with Crippen molar-refractivity contribution >= 4 is 0 Å². The lowest BCUT2D eigenvalue weighted by atomic mass is 10.1. The highest BCUT2D eigenvalue weighted by molar-refractivity contribution is 5.26. The molecule has 3 heteroatoms. The molecule has 1 atom stereocenters. The van der Waals surface area contributed by atoms with E-state index in [4.69, 9.17) is 14.6 Å². The summed E-state index contributed by atoms with van der Waals surface area (Å²) in [6.07, 6.45) is 2.34. The summed E-state index contributed by atoms with van der Waals surface area (Å²) in [6, 6.07) is 7.50. The van der Waals surface area contributed by atoms with Gasteiger partial charge in [0, 0.05) is 0 Å². The minimum absolute atomic E-state index is 0.00519. The average molecular weight is 236 g/mol. The van der Waals surface area contributed by atoms with Gasteiger partial charge in [0.15, 0.2) is 0 Å². The quantitative estimate of drug-likeness (QED) is 0.873. The molecule has 0 spiro atoms. The number of hydrogen-bond donors (Lipinski definition) is 1. The summed E-state index contributed by atoms with van der Waals surface area (Å²) >= 11 is 0. The first-order chi connectivity index (χ1) is 8.09. The zero-order chi connectivity index (χ0) is 12.3. The third-order valence-corrected chi connectivity index (χ3v) is 3.10. The fourth-order valence-electron chi connectivity index (χ4n) is 2.08. The number of ether oxygens (including phenoxy) is 2. The van der Waals surface area contributed by atoms with Crippen LogP contribution in [0.3, 0.4) is 0 Å². The largest absolute Gasteiger partial charge is 0.491 e. The fraction of sp³-hybridized carbons (Fsp3) is 0.571. The van der Waals surface area contributed by atoms with Gasteiger partial charge in [-0.2, -0.15) is 0 Å². The van der Waals surface area contributed by atoms with Crippen LogP contribution in [0.25, 0.3) is 0 Å². The van der Waals surface area contributed by atoms with E-state index in [1.807, 2.05) is 24.3 Å². The zero-order valence-electron chi connectivity index (χ0n) is 10.5. The predicted molar refractivity (Wildman–Crippen MR) is 66.0 cm³/mol. The Kier molecular flexibility index (Phi) is 3.69. The fourth-order valence-corrected chi connectivity index (χ4v) is 2.08. The Morgan fingerprint density at radius 1 is 1.35 bits per heavy atom. The first kappa shape index (κ1) is 12.4. The smallest absolute Gasteiger partial charge is 0.119 e. The van der Waals surface area contributed by atoms with Crippen molar-refractivity contribution in [3.8, 4) is 5.75 Å². The van der Waals surface area contributed by atoms with Crippen molar-refractivity contribution in [1.82, 2.24) is 0 Å². The van der Waals surface area contributed by atoms with Gasteiger partial charge in [0.1, 0.15) is 12.4 Å². The van der Waals surface area contributed by atoms with Crippen LogP contribution in [-0.4, -0.2) is 23.4 Å². The molecule has 1 N–H and O–H groups in total. The van der Waals surface area contributed by atoms with Gasteiger partial charge in [0.05, 0.1) is 18.3 Å². The van der Waals surface area contributed by atoms with Crippen LogP contribution in [0.1, 0.15) is 32.3 Å². The summed E-state index contributed by atoms with van der Waals surface area (Å²) < 4.78 is 11.5. The molecule has 1 fully saturated rings. The van der Waals surface area contributed by atoms with Crippen LogP contribution in [0.15, 0.2) is 24.3 Å². The molecule has 1 unspecified atom stereocenters. The van der Waals surface area contributed by atoms with Gasteiger partial charge in [-0.05, 0) is 44.4 Å². The Hall–Kier alpha value is -1.06. The number of rotatable bonds is 4. The summed E-state index contributed by atoms with van der Waals surface area (Å²) in [5.74, 6) is 0.829. The SMILES string of the molecule is CC1(C)CCC(COc2ccc(CO)cc2)O1. The maximum absolute atomic E-state index is 8.93. The maximum atomic E-state index is 8.93. The normalized spacial score (nSPS) is 22.6. The number of aliphatic hydroxyl groups is 1. The number of aliphatic hydroxyl groups excluding tert-OH is 1. The highest BCUT2D eigenvalue weighted by Crippen LogP contribution is 2.29. The van der Waals surface area contributed by atoms with Crippen LogP contribution in [0.5, 0.6) is 5.75 Å². The van der Waals surface area contributed by atoms with Crippen molar-refractivity contribution in [2.75, 3.05) is 6.61 Å². The van der Waals surface area contributed by atoms with E-state index in [0.29, 0.717) is 6.61 Å². The molecule has 0 aromatic heterocycles. The molecule has 1 saturated heterocycles. The average Bonchev–Trinajstić information content (AvgIpc) is 2.67. The van der Waals surface area contributed by atoms with Crippen molar-refractivity contribution in [3.63, 3.8) is 0 Å². The molecule has 2 rings (SSSR count). The highest BCUT2D eigenvalue weighted by atomic mass is 16.6. The molecular formula is C14H20O3. The van der Waals surface area contributed by atoms with Gasteiger partial charge < -0.3 is 14.6 Å². The molecule has 94 valence electrons. The highest BCUT2D eigenvalue weighted by Gasteiger charge is 2.31. The summed E-state index contributed by atoms with van der Waals surface area (Å²) in [4.78, 5) is 0. The van der Waals surface area contributed by atoms with Gasteiger partial charge in [-0.1, -0.05) is 12.1 Å². The third-order valence-electron chi connectivity index (χ3n) is 3.10. The molecule has 1 aliphatic heterocycles. The van der Waals surface area contributed by atoms with Crippen molar-refractivity contribution in [2.45, 2.75) is 45.0 Å². The molecule has 0 bridgehead atoms. The number of benzene rings is 1. The van der Waals surface area contributed by atoms with E-state index in [1.54, 1.807) is 0 Å². The Balaban J connectivity index is 1.82. The zero-order valence-corrected chi connectivity index (χ0v) is 10.5. The van der Waals surface area contributed by atoms with Crippen LogP contribution in [0.4, 0.5) is 0 Å². The second-order valence-corrected chi connectivity index (χ2v) is 5.15. The predicted octanol–water partition coefficient (Wildman–Crippen LogP) is 2.52. The minimum atomic E-state index is -0.00519. The van der Waals surface area contributed by atoms with Crippen LogP contribution < -0.4 is 4.74 Å². The molecule has 17 heavy (non-hydrogen) atoms. The summed E-state index contributed by atoms with van der Waals surface area (Å²) in [5, 5.41) is 8.93. The Labute approximate surface area is 102 Å². The maximum Gasteiger partial charge on any atom is 0.119 e. The standard InChI is InChI=1S/C14H20O3/c1-14(2)8-7-13(17-14)10-16-12-5-3-11(9-15)4-6-12/h3-6,13,15H,7-10H2,1-2H3. The molecule has 0 amide bonds. The van der Waals surface area contributed by atoms with Gasteiger partial charge in [0.2, 0.25) is 0 Å². The van der Waals surface area contributed by atoms with Gasteiger partial charge in [-0.25, -0.2) is 0 Å². The van der Waals surface area contributed by atoms with Gasteiger partial charge in [-0.15, -0.1) is 0 Å². The van der Waals surface area contributed by atoms with E-state index < -0.39 is 0 Å². The van der Waals surface area contributed by atoms with E-state index >= 15 is 0 Å². The molecule has 0 aliphatic carbocycles. The molecule has 1 aromatic rings. The third kappa shape index (κ3) is 3.45. The molecule has 3 nitrogen and oxygen atoms in total. The second-order valence-electron chi connectivity index (χ2n) is 5.15. The van der Waals surface area contributed by atoms with E-state index in [2.05, 4.69) is 13.8 Å². The van der Waals surface area contributed by atoms with Gasteiger partial charge in [-0.3, -0.25) is 0 Å². The molecule has 0 saturated carbocycles. The molecule has 1 aliphatic rings. The van der Waals surface area contributed by atoms with Crippen molar-refractivity contribution in [3.05, 3.63) is 29.8 Å². The lowest BCUT2D eigenvalue weighted by molar-refractivity contribution is -0.0326. The topological polar surface area (TPSA) is 38.7 Å². The van der Waals surface area contributed by atoms with E-state index in [9.17, 15) is 0 Å². The molecule has 0 radical (unpaired) electrons. The molecule has 1 aromatic carbocycles. The second kappa shape index (κ2) is 5.07. The van der Waals surface area contributed by atoms with Crippen molar-refractivity contribution in [1.29, 1.82) is 0 Å². The minimum Gasteiger partial charge on any atom is -0.491 e. The summed E-state index contributed by atoms with van der Waals surface area (Å²) in [6.45, 7) is 4.90. The molecule has 1 heterocycles. The lowest BCUT2D eigenvalue weighted by Crippen LogP contribution is -2.23. The van der Waals surface area contributed by atoms with Gasteiger partial charge in [0.25, 0.3) is 0 Å². The molecular weight excluding hydrogens is 216 g/mol. The Bertz CT molecular complexity index is 356. The van der Waals surface area contributed by atoms with E-state index in [0.717, 1.165) is 24.2 Å². The van der Waals surface area contributed by atoms with Gasteiger partial charge >= 0.3 is 0 Å². The van der Waals surface area contributed by atoms with Crippen LogP contribution >= 0.6 is 0 Å². The number of hydrogen-bond acceptors (Lipinski definition) is 3. The summed E-state index contributed by atoms with van der Waals surface area (Å²) in [7, 11) is 0.